The molecule has 2 aromatic carbocycles. The highest BCUT2D eigenvalue weighted by Gasteiger charge is 2.45. The molecular weight excluding hydrogens is 797 g/mol. The van der Waals surface area contributed by atoms with Gasteiger partial charge >= 0.3 is 5.97 Å². The van der Waals surface area contributed by atoms with Crippen molar-refractivity contribution in [1.82, 2.24) is 40.4 Å². The molecular formula is C43H50N12O7. The number of amides is 5. The van der Waals surface area contributed by atoms with Crippen molar-refractivity contribution in [3.63, 3.8) is 0 Å². The molecule has 62 heavy (non-hydrogen) atoms. The van der Waals surface area contributed by atoms with E-state index in [1.165, 1.54) is 0 Å². The number of carbonyl (C=O) groups excluding carboxylic acids is 5. The quantitative estimate of drug-likeness (QED) is 0.121. The van der Waals surface area contributed by atoms with Gasteiger partial charge in [-0.2, -0.15) is 9.97 Å². The molecule has 3 saturated heterocycles. The lowest BCUT2D eigenvalue weighted by Gasteiger charge is -2.41. The van der Waals surface area contributed by atoms with Crippen molar-refractivity contribution in [3.05, 3.63) is 71.0 Å². The number of hydrogen-bond acceptors (Lipinski definition) is 15. The summed E-state index contributed by atoms with van der Waals surface area (Å²) in [6.45, 7) is 3.64. The number of fused-ring (bicyclic) bond motifs is 2. The number of nitrogens with one attached hydrogen (secondary N) is 2. The van der Waals surface area contributed by atoms with E-state index in [0.717, 1.165) is 60.6 Å². The monoisotopic (exact) mass is 846 g/mol. The van der Waals surface area contributed by atoms with Crippen LogP contribution in [0.4, 0.5) is 23.1 Å². The summed E-state index contributed by atoms with van der Waals surface area (Å²) < 4.78 is 0. The Labute approximate surface area is 357 Å². The van der Waals surface area contributed by atoms with Gasteiger partial charge in [0.05, 0.1) is 29.6 Å². The molecule has 19 nitrogen and oxygen atoms in total. The molecule has 2 unspecified atom stereocenters. The summed E-state index contributed by atoms with van der Waals surface area (Å²) in [5.74, 6) is -1.93. The highest BCUT2D eigenvalue weighted by molar-refractivity contribution is 6.23. The number of nitrogens with zero attached hydrogens (tertiary/aromatic N) is 8. The second-order valence-corrected chi connectivity index (χ2v) is 16.6. The molecule has 5 amide bonds. The zero-order valence-corrected chi connectivity index (χ0v) is 34.5. The number of hydrogen-bond donors (Lipinski definition) is 5. The summed E-state index contributed by atoms with van der Waals surface area (Å²) in [4.78, 5) is 99.9. The molecule has 0 bridgehead atoms. The van der Waals surface area contributed by atoms with Crippen LogP contribution in [0.25, 0.3) is 11.2 Å². The summed E-state index contributed by atoms with van der Waals surface area (Å²) in [6.07, 6.45) is 5.82. The van der Waals surface area contributed by atoms with E-state index in [9.17, 15) is 33.9 Å². The predicted molar refractivity (Wildman–Crippen MR) is 227 cm³/mol. The molecule has 4 aliphatic rings. The maximum Gasteiger partial charge on any atom is 0.320 e. The van der Waals surface area contributed by atoms with Gasteiger partial charge in [-0.1, -0.05) is 12.1 Å². The van der Waals surface area contributed by atoms with Crippen LogP contribution in [0.2, 0.25) is 0 Å². The highest BCUT2D eigenvalue weighted by atomic mass is 16.4. The van der Waals surface area contributed by atoms with Crippen molar-refractivity contribution in [3.8, 4) is 0 Å². The van der Waals surface area contributed by atoms with E-state index < -0.39 is 41.7 Å². The number of carboxylic acid groups (broad SMARTS) is 1. The average molecular weight is 847 g/mol. The summed E-state index contributed by atoms with van der Waals surface area (Å²) in [5, 5.41) is 15.3. The van der Waals surface area contributed by atoms with E-state index in [1.807, 2.05) is 47.2 Å². The van der Waals surface area contributed by atoms with Crippen LogP contribution in [0.3, 0.4) is 0 Å². The number of rotatable bonds is 13. The van der Waals surface area contributed by atoms with Gasteiger partial charge in [0.2, 0.25) is 23.7 Å². The SMILES string of the molecule is CN(Cc1cnc2nc(N)nc(N)c2n1)c1ccc(CNC(CCC(=O)N2CCC(C3CCN(c4ccc5c(c4)C(=O)N(C4CCC(=O)NC4=O)C5=O)CC3)CC2)C(=O)O)cc1. The number of imide groups is 2. The standard InChI is InChI=1S/C43H50N12O7/c1-52(23-27-22-47-38-36(48-27)37(44)50-43(45)51-38)28-4-2-24(3-5-28)21-46-32(42(61)62)8-11-35(57)54-18-14-26(15-19-54)25-12-16-53(17-13-25)29-6-7-30-31(20-29)41(60)55(40(30)59)33-9-10-34(56)49-39(33)58/h2-7,20,22,25-26,32-33,46H,8-19,21,23H2,1H3,(H,61,62)(H,49,56,58)(H4,44,45,47,50,51). The Kier molecular flexibility index (Phi) is 12.0. The second-order valence-electron chi connectivity index (χ2n) is 16.6. The molecule has 324 valence electrons. The molecule has 0 spiro atoms. The van der Waals surface area contributed by atoms with Gasteiger partial charge in [0.15, 0.2) is 17.0 Å². The normalized spacial score (nSPS) is 19.2. The lowest BCUT2D eigenvalue weighted by molar-refractivity contribution is -0.140. The topological polar surface area (TPSA) is 263 Å². The first-order valence-corrected chi connectivity index (χ1v) is 21.0. The van der Waals surface area contributed by atoms with Gasteiger partial charge in [0.25, 0.3) is 11.8 Å². The molecule has 0 radical (unpaired) electrons. The van der Waals surface area contributed by atoms with Crippen LogP contribution in [-0.4, -0.2) is 116 Å². The highest BCUT2D eigenvalue weighted by Crippen LogP contribution is 2.36. The van der Waals surface area contributed by atoms with Crippen molar-refractivity contribution >= 4 is 69.8 Å². The molecule has 2 aromatic heterocycles. The van der Waals surface area contributed by atoms with Gasteiger partial charge in [-0.15, -0.1) is 0 Å². The van der Waals surface area contributed by atoms with Crippen molar-refractivity contribution in [2.24, 2.45) is 11.8 Å². The minimum absolute atomic E-state index is 0.0324. The van der Waals surface area contributed by atoms with Crippen LogP contribution in [0, 0.1) is 11.8 Å². The Hall–Kier alpha value is -6.76. The zero-order chi connectivity index (χ0) is 43.7. The van der Waals surface area contributed by atoms with E-state index in [-0.39, 0.29) is 54.5 Å². The Morgan fingerprint density at radius 2 is 1.60 bits per heavy atom. The minimum Gasteiger partial charge on any atom is -0.480 e. The first-order valence-electron chi connectivity index (χ1n) is 21.0. The third kappa shape index (κ3) is 8.83. The largest absolute Gasteiger partial charge is 0.480 e. The van der Waals surface area contributed by atoms with Crippen LogP contribution in [-0.2, 0) is 32.3 Å². The van der Waals surface area contributed by atoms with Gasteiger partial charge < -0.3 is 36.6 Å². The molecule has 19 heteroatoms. The Morgan fingerprint density at radius 1 is 0.903 bits per heavy atom. The smallest absolute Gasteiger partial charge is 0.320 e. The third-order valence-corrected chi connectivity index (χ3v) is 12.7. The van der Waals surface area contributed by atoms with Gasteiger partial charge in [-0.3, -0.25) is 39.0 Å². The fourth-order valence-electron chi connectivity index (χ4n) is 9.15. The molecule has 3 fully saturated rings. The lowest BCUT2D eigenvalue weighted by atomic mass is 9.78. The lowest BCUT2D eigenvalue weighted by Crippen LogP contribution is -2.54. The third-order valence-electron chi connectivity index (χ3n) is 12.7. The fraction of sp³-hybridized carbons (Fsp3) is 0.442. The Balaban J connectivity index is 0.760. The van der Waals surface area contributed by atoms with Gasteiger partial charge in [0, 0.05) is 64.0 Å². The number of nitrogens with two attached hydrogens (primary N) is 2. The molecule has 4 aliphatic heterocycles. The number of benzene rings is 2. The number of likely N-dealkylation sites (tertiary alicyclic amines) is 1. The van der Waals surface area contributed by atoms with Gasteiger partial charge in [0.1, 0.15) is 12.1 Å². The zero-order valence-electron chi connectivity index (χ0n) is 34.5. The van der Waals surface area contributed by atoms with Crippen LogP contribution in [0.15, 0.2) is 48.7 Å². The van der Waals surface area contributed by atoms with E-state index >= 15 is 0 Å². The van der Waals surface area contributed by atoms with Crippen LogP contribution in [0.5, 0.6) is 0 Å². The summed E-state index contributed by atoms with van der Waals surface area (Å²) in [6, 6.07) is 11.1. The second kappa shape index (κ2) is 17.7. The molecule has 0 saturated carbocycles. The maximum absolute atomic E-state index is 13.3. The molecule has 6 heterocycles. The van der Waals surface area contributed by atoms with Gasteiger partial charge in [-0.25, -0.2) is 9.97 Å². The van der Waals surface area contributed by atoms with E-state index in [4.69, 9.17) is 11.5 Å². The number of nitrogen functional groups attached to an aromatic ring is 2. The van der Waals surface area contributed by atoms with Crippen molar-refractivity contribution < 1.29 is 33.9 Å². The molecule has 8 rings (SSSR count). The first kappa shape index (κ1) is 42.0. The maximum atomic E-state index is 13.3. The van der Waals surface area contributed by atoms with Crippen molar-refractivity contribution in [1.29, 1.82) is 0 Å². The van der Waals surface area contributed by atoms with Crippen LogP contribution in [0.1, 0.15) is 83.3 Å². The molecule has 0 aliphatic carbocycles. The number of carbonyl (C=O) groups is 6. The predicted octanol–water partition coefficient (Wildman–Crippen LogP) is 2.10. The summed E-state index contributed by atoms with van der Waals surface area (Å²) in [7, 11) is 1.92. The number of aromatic nitrogens is 4. The number of anilines is 4. The molecule has 7 N–H and O–H groups in total. The number of carboxylic acids is 1. The minimum atomic E-state index is -1.00. The first-order chi connectivity index (χ1) is 29.8. The Bertz CT molecular complexity index is 2410. The van der Waals surface area contributed by atoms with E-state index in [1.54, 1.807) is 18.3 Å². The van der Waals surface area contributed by atoms with E-state index in [2.05, 4.69) is 35.5 Å². The molecule has 2 atom stereocenters. The Morgan fingerprint density at radius 3 is 2.29 bits per heavy atom. The fourth-order valence-corrected chi connectivity index (χ4v) is 9.15. The number of aliphatic carboxylic acids is 1. The van der Waals surface area contributed by atoms with Crippen molar-refractivity contribution in [2.45, 2.75) is 76.5 Å². The average Bonchev–Trinajstić information content (AvgIpc) is 3.51. The summed E-state index contributed by atoms with van der Waals surface area (Å²) in [5.41, 5.74) is 16.2. The van der Waals surface area contributed by atoms with Crippen LogP contribution >= 0.6 is 0 Å². The van der Waals surface area contributed by atoms with E-state index in [0.29, 0.717) is 54.9 Å². The van der Waals surface area contributed by atoms with Gasteiger partial charge in [-0.05, 0) is 86.3 Å². The summed E-state index contributed by atoms with van der Waals surface area (Å²) >= 11 is 0. The molecule has 4 aromatic rings. The number of piperidine rings is 3. The van der Waals surface area contributed by atoms with Crippen molar-refractivity contribution in [2.75, 3.05) is 54.5 Å². The van der Waals surface area contributed by atoms with Crippen LogP contribution < -0.4 is 31.9 Å².